The number of nitrogens with zero attached hydrogens (tertiary/aromatic N) is 3. The van der Waals surface area contributed by atoms with Gasteiger partial charge in [-0.1, -0.05) is 18.2 Å². The van der Waals surface area contributed by atoms with Crippen LogP contribution in [0.2, 0.25) is 0 Å². The number of H-pyrrole nitrogens is 2. The topological polar surface area (TPSA) is 89.7 Å². The highest BCUT2D eigenvalue weighted by Crippen LogP contribution is 2.28. The van der Waals surface area contributed by atoms with Crippen LogP contribution < -0.4 is 10.2 Å². The second-order valence-electron chi connectivity index (χ2n) is 7.58. The van der Waals surface area contributed by atoms with Crippen molar-refractivity contribution in [2.45, 2.75) is 12.8 Å². The van der Waals surface area contributed by atoms with Crippen LogP contribution in [0.25, 0.3) is 22.8 Å². The number of anilines is 2. The molecule has 7 nitrogen and oxygen atoms in total. The molecule has 1 amide bonds. The Hall–Kier alpha value is -4.01. The Labute approximate surface area is 182 Å². The summed E-state index contributed by atoms with van der Waals surface area (Å²) in [4.78, 5) is 22.4. The lowest BCUT2D eigenvalue weighted by molar-refractivity contribution is 0.101. The van der Waals surface area contributed by atoms with E-state index in [0.29, 0.717) is 11.5 Å². The van der Waals surface area contributed by atoms with Gasteiger partial charge in [-0.3, -0.25) is 9.89 Å². The summed E-state index contributed by atoms with van der Waals surface area (Å²) in [6.45, 7) is 2.16. The first-order chi connectivity index (χ1) is 15.6. The second kappa shape index (κ2) is 8.26. The fraction of sp³-hybridized carbons (Fsp3) is 0.174. The van der Waals surface area contributed by atoms with Crippen LogP contribution >= 0.6 is 0 Å². The van der Waals surface area contributed by atoms with Gasteiger partial charge >= 0.3 is 0 Å². The van der Waals surface area contributed by atoms with Crippen LogP contribution in [0.5, 0.6) is 0 Å². The van der Waals surface area contributed by atoms with Crippen molar-refractivity contribution < 1.29 is 13.6 Å². The van der Waals surface area contributed by atoms with Crippen molar-refractivity contribution in [2.75, 3.05) is 23.3 Å². The summed E-state index contributed by atoms with van der Waals surface area (Å²) in [5.74, 6) is -2.38. The van der Waals surface area contributed by atoms with Gasteiger partial charge in [0.25, 0.3) is 5.91 Å². The van der Waals surface area contributed by atoms with Gasteiger partial charge in [0.15, 0.2) is 11.5 Å². The molecule has 1 saturated heterocycles. The SMILES string of the molecule is O=C(Nc1c[nH]nc1-c1ncc(-c2ccc(N3CCCC3)cc2)[nH]1)c1c(F)cccc1F. The number of carbonyl (C=O) groups is 1. The highest BCUT2D eigenvalue weighted by molar-refractivity contribution is 6.06. The van der Waals surface area contributed by atoms with Gasteiger partial charge in [-0.15, -0.1) is 0 Å². The molecular formula is C23H20F2N6O. The van der Waals surface area contributed by atoms with Gasteiger partial charge in [0, 0.05) is 25.0 Å². The standard InChI is InChI=1S/C23H20F2N6O/c24-16-4-3-5-17(25)20(16)23(32)29-19-13-27-30-21(19)22-26-12-18(28-22)14-6-8-15(9-7-14)31-10-1-2-11-31/h3-9,12-13H,1-2,10-11H2,(H,26,28)(H,27,30)(H,29,32). The molecule has 4 aromatic rings. The second-order valence-corrected chi connectivity index (χ2v) is 7.58. The molecule has 0 radical (unpaired) electrons. The van der Waals surface area contributed by atoms with Crippen molar-refractivity contribution in [1.82, 2.24) is 20.2 Å². The molecule has 5 rings (SSSR count). The van der Waals surface area contributed by atoms with Crippen molar-refractivity contribution >= 4 is 17.3 Å². The van der Waals surface area contributed by atoms with Gasteiger partial charge in [-0.2, -0.15) is 5.10 Å². The van der Waals surface area contributed by atoms with Crippen LogP contribution in [-0.4, -0.2) is 39.2 Å². The zero-order valence-electron chi connectivity index (χ0n) is 17.0. The number of imidazole rings is 1. The van der Waals surface area contributed by atoms with Crippen LogP contribution in [-0.2, 0) is 0 Å². The Morgan fingerprint density at radius 2 is 1.75 bits per heavy atom. The van der Waals surface area contributed by atoms with E-state index in [0.717, 1.165) is 36.5 Å². The molecule has 9 heteroatoms. The lowest BCUT2D eigenvalue weighted by Gasteiger charge is -2.17. The minimum absolute atomic E-state index is 0.253. The Morgan fingerprint density at radius 1 is 1.03 bits per heavy atom. The first-order valence-electron chi connectivity index (χ1n) is 10.3. The molecule has 0 aliphatic carbocycles. The van der Waals surface area contributed by atoms with Crippen LogP contribution in [0.4, 0.5) is 20.2 Å². The largest absolute Gasteiger partial charge is 0.372 e. The van der Waals surface area contributed by atoms with Crippen molar-refractivity contribution in [3.8, 4) is 22.8 Å². The molecule has 162 valence electrons. The molecule has 0 spiro atoms. The lowest BCUT2D eigenvalue weighted by Crippen LogP contribution is -2.17. The molecule has 0 saturated carbocycles. The smallest absolute Gasteiger partial charge is 0.261 e. The van der Waals surface area contributed by atoms with Gasteiger partial charge in [0.05, 0.1) is 17.6 Å². The summed E-state index contributed by atoms with van der Waals surface area (Å²) in [6.07, 6.45) is 5.55. The number of nitrogens with one attached hydrogen (secondary N) is 3. The van der Waals surface area contributed by atoms with Crippen molar-refractivity contribution in [3.63, 3.8) is 0 Å². The molecule has 2 aromatic heterocycles. The summed E-state index contributed by atoms with van der Waals surface area (Å²) in [5, 5.41) is 9.27. The van der Waals surface area contributed by atoms with Crippen molar-refractivity contribution in [2.24, 2.45) is 0 Å². The van der Waals surface area contributed by atoms with Crippen LogP contribution in [0.15, 0.2) is 54.9 Å². The number of aromatic nitrogens is 4. The van der Waals surface area contributed by atoms with Gasteiger partial charge in [0.1, 0.15) is 17.2 Å². The number of benzene rings is 2. The van der Waals surface area contributed by atoms with Crippen molar-refractivity contribution in [1.29, 1.82) is 0 Å². The third-order valence-electron chi connectivity index (χ3n) is 5.53. The summed E-state index contributed by atoms with van der Waals surface area (Å²) in [5.41, 5.74) is 2.87. The number of hydrogen-bond acceptors (Lipinski definition) is 4. The summed E-state index contributed by atoms with van der Waals surface area (Å²) < 4.78 is 27.9. The molecule has 3 heterocycles. The lowest BCUT2D eigenvalue weighted by atomic mass is 10.1. The number of carbonyl (C=O) groups excluding carboxylic acids is 1. The van der Waals surface area contributed by atoms with Crippen LogP contribution in [0.3, 0.4) is 0 Å². The molecule has 0 unspecified atom stereocenters. The molecular weight excluding hydrogens is 414 g/mol. The summed E-state index contributed by atoms with van der Waals surface area (Å²) >= 11 is 0. The van der Waals surface area contributed by atoms with E-state index in [2.05, 4.69) is 42.5 Å². The maximum atomic E-state index is 13.9. The fourth-order valence-corrected chi connectivity index (χ4v) is 3.88. The third kappa shape index (κ3) is 3.73. The zero-order valence-corrected chi connectivity index (χ0v) is 17.0. The molecule has 32 heavy (non-hydrogen) atoms. The Kier molecular flexibility index (Phi) is 5.14. The van der Waals surface area contributed by atoms with Gasteiger partial charge in [0.2, 0.25) is 0 Å². The molecule has 3 N–H and O–H groups in total. The van der Waals surface area contributed by atoms with Gasteiger partial charge in [-0.25, -0.2) is 13.8 Å². The molecule has 2 aromatic carbocycles. The molecule has 0 atom stereocenters. The summed E-state index contributed by atoms with van der Waals surface area (Å²) in [7, 11) is 0. The monoisotopic (exact) mass is 434 g/mol. The number of aromatic amines is 2. The van der Waals surface area contributed by atoms with E-state index >= 15 is 0 Å². The zero-order chi connectivity index (χ0) is 22.1. The molecule has 1 fully saturated rings. The first-order valence-corrected chi connectivity index (χ1v) is 10.3. The maximum absolute atomic E-state index is 13.9. The van der Waals surface area contributed by atoms with Crippen molar-refractivity contribution in [3.05, 3.63) is 72.1 Å². The first kappa shape index (κ1) is 19.9. The van der Waals surface area contributed by atoms with E-state index < -0.39 is 23.1 Å². The third-order valence-corrected chi connectivity index (χ3v) is 5.53. The van der Waals surface area contributed by atoms with E-state index in [9.17, 15) is 13.6 Å². The van der Waals surface area contributed by atoms with E-state index in [1.165, 1.54) is 30.8 Å². The number of amides is 1. The Bertz CT molecular complexity index is 1240. The van der Waals surface area contributed by atoms with Gasteiger partial charge < -0.3 is 15.2 Å². The van der Waals surface area contributed by atoms with Crippen LogP contribution in [0, 0.1) is 11.6 Å². The maximum Gasteiger partial charge on any atom is 0.261 e. The summed E-state index contributed by atoms with van der Waals surface area (Å²) in [6, 6.07) is 11.5. The number of rotatable bonds is 5. The van der Waals surface area contributed by atoms with E-state index in [-0.39, 0.29) is 5.69 Å². The predicted molar refractivity (Wildman–Crippen MR) is 117 cm³/mol. The number of halogens is 2. The predicted octanol–water partition coefficient (Wildman–Crippen LogP) is 4.60. The fourth-order valence-electron chi connectivity index (χ4n) is 3.88. The highest BCUT2D eigenvalue weighted by atomic mass is 19.1. The minimum Gasteiger partial charge on any atom is -0.372 e. The minimum atomic E-state index is -0.940. The van der Waals surface area contributed by atoms with E-state index in [1.807, 2.05) is 12.1 Å². The molecule has 1 aliphatic rings. The normalized spacial score (nSPS) is 13.5. The quantitative estimate of drug-likeness (QED) is 0.428. The average Bonchev–Trinajstić information content (AvgIpc) is 3.55. The Balaban J connectivity index is 1.36. The van der Waals surface area contributed by atoms with Gasteiger partial charge in [-0.05, 0) is 42.7 Å². The van der Waals surface area contributed by atoms with Crippen LogP contribution in [0.1, 0.15) is 23.2 Å². The average molecular weight is 434 g/mol. The highest BCUT2D eigenvalue weighted by Gasteiger charge is 2.21. The van der Waals surface area contributed by atoms with E-state index in [1.54, 1.807) is 6.20 Å². The van der Waals surface area contributed by atoms with E-state index in [4.69, 9.17) is 0 Å². The number of hydrogen-bond donors (Lipinski definition) is 3. The molecule has 0 bridgehead atoms. The Morgan fingerprint density at radius 3 is 2.47 bits per heavy atom. The molecule has 1 aliphatic heterocycles.